The molecule has 211 valence electrons. The molecule has 3 aromatic heterocycles. The van der Waals surface area contributed by atoms with Crippen LogP contribution in [0.25, 0.3) is 76.9 Å². The van der Waals surface area contributed by atoms with E-state index in [9.17, 15) is 0 Å². The third-order valence-electron chi connectivity index (χ3n) is 7.82. The standard InChI is InChI=1S/C29H16NO.C11H8N.Ir/c1-3-8-20-18(6-1)12-14-22-21(20)15-17-27-28(22)24-10-5-9-23(29(24)31-27)26-16-13-19-7-2-4-11-25(19)30-26;1-2-6-10(7-3-1)11-8-4-5-9-12-11;/h1-8,10-17H;1-6,8-9H;/q2*-1;. The fraction of sp³-hybridized carbons (Fsp3) is 0. The molecule has 0 unspecified atom stereocenters. The van der Waals surface area contributed by atoms with Crippen molar-refractivity contribution < 1.29 is 24.5 Å². The van der Waals surface area contributed by atoms with E-state index in [0.29, 0.717) is 0 Å². The number of rotatable bonds is 2. The van der Waals surface area contributed by atoms with Crippen molar-refractivity contribution in [3.8, 4) is 22.5 Å². The van der Waals surface area contributed by atoms with Crippen molar-refractivity contribution in [1.82, 2.24) is 9.97 Å². The Morgan fingerprint density at radius 1 is 0.523 bits per heavy atom. The first-order valence-corrected chi connectivity index (χ1v) is 14.3. The van der Waals surface area contributed by atoms with E-state index in [0.717, 1.165) is 55.4 Å². The summed E-state index contributed by atoms with van der Waals surface area (Å²) in [4.78, 5) is 9.10. The molecule has 0 aliphatic carbocycles. The number of hydrogen-bond donors (Lipinski definition) is 0. The Balaban J connectivity index is 0.000000203. The van der Waals surface area contributed by atoms with Crippen LogP contribution in [-0.4, -0.2) is 9.97 Å². The van der Waals surface area contributed by atoms with Crippen molar-refractivity contribution in [2.24, 2.45) is 0 Å². The second kappa shape index (κ2) is 11.9. The Labute approximate surface area is 268 Å². The van der Waals surface area contributed by atoms with Gasteiger partial charge in [0.2, 0.25) is 0 Å². The van der Waals surface area contributed by atoms with Gasteiger partial charge in [-0.05, 0) is 56.5 Å². The summed E-state index contributed by atoms with van der Waals surface area (Å²) in [5, 5.41) is 8.33. The second-order valence-electron chi connectivity index (χ2n) is 10.4. The molecule has 1 radical (unpaired) electrons. The van der Waals surface area contributed by atoms with Gasteiger partial charge in [0.1, 0.15) is 5.58 Å². The van der Waals surface area contributed by atoms with E-state index >= 15 is 0 Å². The molecule has 0 saturated heterocycles. The number of pyridine rings is 2. The summed E-state index contributed by atoms with van der Waals surface area (Å²) in [6.07, 6.45) is 1.79. The van der Waals surface area contributed by atoms with Crippen LogP contribution in [0, 0.1) is 12.1 Å². The molecule has 0 N–H and O–H groups in total. The largest absolute Gasteiger partial charge is 0.501 e. The molecular formula is C40H24IrN2O-2. The van der Waals surface area contributed by atoms with Crippen LogP contribution in [0.4, 0.5) is 0 Å². The average Bonchev–Trinajstić information content (AvgIpc) is 3.48. The van der Waals surface area contributed by atoms with Gasteiger partial charge in [-0.25, -0.2) is 0 Å². The third kappa shape index (κ3) is 4.95. The molecule has 44 heavy (non-hydrogen) atoms. The molecule has 0 atom stereocenters. The second-order valence-corrected chi connectivity index (χ2v) is 10.4. The average molecular weight is 741 g/mol. The summed E-state index contributed by atoms with van der Waals surface area (Å²) < 4.78 is 6.40. The summed E-state index contributed by atoms with van der Waals surface area (Å²) in [7, 11) is 0. The molecule has 4 heteroatoms. The van der Waals surface area contributed by atoms with Gasteiger partial charge in [0.05, 0.1) is 11.1 Å². The number of fused-ring (bicyclic) bond motifs is 8. The maximum atomic E-state index is 6.40. The van der Waals surface area contributed by atoms with Gasteiger partial charge in [0, 0.05) is 31.7 Å². The Morgan fingerprint density at radius 3 is 2.18 bits per heavy atom. The van der Waals surface area contributed by atoms with Crippen molar-refractivity contribution in [1.29, 1.82) is 0 Å². The summed E-state index contributed by atoms with van der Waals surface area (Å²) in [5.74, 6) is 0. The van der Waals surface area contributed by atoms with E-state index in [1.807, 2.05) is 72.8 Å². The maximum absolute atomic E-state index is 6.40. The first-order chi connectivity index (χ1) is 21.3. The third-order valence-corrected chi connectivity index (χ3v) is 7.82. The molecule has 3 nitrogen and oxygen atoms in total. The van der Waals surface area contributed by atoms with E-state index in [2.05, 4.69) is 83.8 Å². The van der Waals surface area contributed by atoms with Gasteiger partial charge in [-0.3, -0.25) is 4.98 Å². The first-order valence-electron chi connectivity index (χ1n) is 14.3. The Bertz CT molecular complexity index is 2360. The van der Waals surface area contributed by atoms with Gasteiger partial charge in [-0.1, -0.05) is 95.9 Å². The molecule has 9 aromatic rings. The molecule has 0 bridgehead atoms. The fourth-order valence-corrected chi connectivity index (χ4v) is 5.80. The molecule has 9 rings (SSSR count). The van der Waals surface area contributed by atoms with Gasteiger partial charge < -0.3 is 9.40 Å². The number of para-hydroxylation sites is 1. The molecule has 0 saturated carbocycles. The van der Waals surface area contributed by atoms with Crippen LogP contribution < -0.4 is 0 Å². The van der Waals surface area contributed by atoms with Crippen molar-refractivity contribution in [2.45, 2.75) is 0 Å². The topological polar surface area (TPSA) is 38.9 Å². The normalized spacial score (nSPS) is 11.0. The van der Waals surface area contributed by atoms with E-state index < -0.39 is 0 Å². The van der Waals surface area contributed by atoms with E-state index in [1.54, 1.807) is 6.20 Å². The smallest absolute Gasteiger partial charge is 0.121 e. The van der Waals surface area contributed by atoms with Crippen LogP contribution in [0.15, 0.2) is 150 Å². The number of hydrogen-bond acceptors (Lipinski definition) is 3. The Hall–Kier alpha value is -5.15. The predicted molar refractivity (Wildman–Crippen MR) is 177 cm³/mol. The zero-order chi connectivity index (χ0) is 28.6. The first kappa shape index (κ1) is 27.7. The summed E-state index contributed by atoms with van der Waals surface area (Å²) in [5.41, 5.74) is 6.47. The summed E-state index contributed by atoms with van der Waals surface area (Å²) in [6.45, 7) is 0. The minimum atomic E-state index is 0. The van der Waals surface area contributed by atoms with Crippen LogP contribution >= 0.6 is 0 Å². The van der Waals surface area contributed by atoms with Gasteiger partial charge in [0.15, 0.2) is 0 Å². The molecule has 0 fully saturated rings. The number of furan rings is 1. The zero-order valence-corrected chi connectivity index (χ0v) is 25.9. The van der Waals surface area contributed by atoms with Gasteiger partial charge >= 0.3 is 0 Å². The quantitative estimate of drug-likeness (QED) is 0.131. The van der Waals surface area contributed by atoms with E-state index in [4.69, 9.17) is 9.40 Å². The van der Waals surface area contributed by atoms with Crippen LogP contribution in [0.3, 0.4) is 0 Å². The molecule has 0 amide bonds. The molecule has 0 aliphatic heterocycles. The van der Waals surface area contributed by atoms with E-state index in [-0.39, 0.29) is 20.1 Å². The zero-order valence-electron chi connectivity index (χ0n) is 23.5. The number of nitrogens with zero attached hydrogens (tertiary/aromatic N) is 2. The van der Waals surface area contributed by atoms with Crippen LogP contribution in [0.5, 0.6) is 0 Å². The molecule has 0 aliphatic rings. The van der Waals surface area contributed by atoms with Gasteiger partial charge in [0.25, 0.3) is 0 Å². The van der Waals surface area contributed by atoms with Crippen molar-refractivity contribution >= 4 is 54.4 Å². The molecule has 0 spiro atoms. The fourth-order valence-electron chi connectivity index (χ4n) is 5.80. The Kier molecular flexibility index (Phi) is 7.45. The summed E-state index contributed by atoms with van der Waals surface area (Å²) in [6, 6.07) is 53.8. The van der Waals surface area contributed by atoms with Gasteiger partial charge in [-0.15, -0.1) is 54.1 Å². The van der Waals surface area contributed by atoms with Crippen molar-refractivity contribution in [3.05, 3.63) is 158 Å². The number of benzene rings is 6. The summed E-state index contributed by atoms with van der Waals surface area (Å²) >= 11 is 0. The van der Waals surface area contributed by atoms with Crippen LogP contribution in [-0.2, 0) is 20.1 Å². The van der Waals surface area contributed by atoms with Crippen LogP contribution in [0.2, 0.25) is 0 Å². The minimum Gasteiger partial charge on any atom is -0.501 e. The van der Waals surface area contributed by atoms with Gasteiger partial charge in [-0.2, -0.15) is 0 Å². The number of aromatic nitrogens is 2. The van der Waals surface area contributed by atoms with Crippen molar-refractivity contribution in [3.63, 3.8) is 0 Å². The SMILES string of the molecule is [Ir].[c-]1ccc2c(oc3ccc4c5ccccc5ccc4c32)c1-c1ccc2ccccc2n1.[c-]1ccccc1-c1ccccn1. The monoisotopic (exact) mass is 741 g/mol. The molecule has 6 aromatic carbocycles. The van der Waals surface area contributed by atoms with E-state index in [1.165, 1.54) is 21.5 Å². The maximum Gasteiger partial charge on any atom is 0.121 e. The molecule has 3 heterocycles. The van der Waals surface area contributed by atoms with Crippen LogP contribution in [0.1, 0.15) is 0 Å². The Morgan fingerprint density at radius 2 is 1.32 bits per heavy atom. The van der Waals surface area contributed by atoms with Crippen molar-refractivity contribution in [2.75, 3.05) is 0 Å². The molecular weight excluding hydrogens is 717 g/mol. The predicted octanol–water partition coefficient (Wildman–Crippen LogP) is 10.5. The minimum absolute atomic E-state index is 0.